The molecule has 0 amide bonds. The molecule has 4 aromatic carbocycles. The summed E-state index contributed by atoms with van der Waals surface area (Å²) >= 11 is 0. The van der Waals surface area contributed by atoms with Gasteiger partial charge in [0.05, 0.1) is 45.6 Å². The number of rotatable bonds is 12. The van der Waals surface area contributed by atoms with Crippen LogP contribution in [0.25, 0.3) is 93.1 Å². The Morgan fingerprint density at radius 1 is 0.210 bits per heavy atom. The summed E-state index contributed by atoms with van der Waals surface area (Å²) in [5.74, 6) is 0. The second-order valence-electron chi connectivity index (χ2n) is 14.3. The van der Waals surface area contributed by atoms with Crippen LogP contribution in [0.2, 0.25) is 0 Å². The molecule has 0 N–H and O–H groups in total. The third-order valence-corrected chi connectivity index (χ3v) is 10.3. The van der Waals surface area contributed by atoms with Gasteiger partial charge in [-0.15, -0.1) is 0 Å². The van der Waals surface area contributed by atoms with Gasteiger partial charge in [0.1, 0.15) is 0 Å². The Bertz CT molecular complexity index is 2640. The van der Waals surface area contributed by atoms with Gasteiger partial charge in [-0.1, -0.05) is 146 Å². The molecule has 0 aliphatic rings. The molecule has 9 rings (SSSR count). The Kier molecular flexibility index (Phi) is 12.0. The second-order valence-corrected chi connectivity index (χ2v) is 14.3. The zero-order valence-electron chi connectivity index (χ0n) is 33.8. The van der Waals surface area contributed by atoms with Gasteiger partial charge in [0.15, 0.2) is 0 Å². The predicted octanol–water partition coefficient (Wildman–Crippen LogP) is 13.4. The van der Waals surface area contributed by atoms with E-state index in [9.17, 15) is 0 Å². The van der Waals surface area contributed by atoms with Crippen LogP contribution in [0.3, 0.4) is 0 Å². The molecule has 0 fully saturated rings. The van der Waals surface area contributed by atoms with Crippen LogP contribution in [0.1, 0.15) is 45.6 Å². The molecule has 5 heterocycles. The highest BCUT2D eigenvalue weighted by Gasteiger charge is 2.13. The highest BCUT2D eigenvalue weighted by molar-refractivity contribution is 5.87. The van der Waals surface area contributed by atoms with Crippen molar-refractivity contribution in [1.82, 2.24) is 29.9 Å². The van der Waals surface area contributed by atoms with E-state index >= 15 is 0 Å². The molecule has 294 valence electrons. The van der Waals surface area contributed by atoms with Crippen molar-refractivity contribution in [2.75, 3.05) is 0 Å². The fourth-order valence-electron chi connectivity index (χ4n) is 7.26. The Morgan fingerprint density at radius 2 is 0.419 bits per heavy atom. The predicted molar refractivity (Wildman–Crippen MR) is 256 cm³/mol. The van der Waals surface area contributed by atoms with E-state index in [4.69, 9.17) is 29.9 Å². The molecule has 9 aromatic rings. The van der Waals surface area contributed by atoms with Crippen molar-refractivity contribution >= 4 is 48.6 Å². The van der Waals surface area contributed by atoms with Crippen LogP contribution in [-0.4, -0.2) is 29.9 Å². The summed E-state index contributed by atoms with van der Waals surface area (Å²) in [5.41, 5.74) is 14.3. The minimum absolute atomic E-state index is 0.659. The van der Waals surface area contributed by atoms with Crippen LogP contribution in [0, 0.1) is 0 Å². The van der Waals surface area contributed by atoms with Gasteiger partial charge < -0.3 is 0 Å². The van der Waals surface area contributed by atoms with Crippen LogP contribution in [0.5, 0.6) is 0 Å². The standard InChI is InChI=1S/C56H40N6/c1-5-17-41(18-6-1)45-25-13-37-57-49(45)29-33-53-54(34-30-50-46(26-14-38-58-50)42-19-7-2-8-20-42)62-56(36-32-52-48(28-16-40-60-52)44-23-11-4-12-24-44)55(61-53)35-31-51-47(27-15-39-59-51)43-21-9-3-10-22-43/h1-40H. The van der Waals surface area contributed by atoms with E-state index in [2.05, 4.69) is 72.8 Å². The maximum Gasteiger partial charge on any atom is 0.0895 e. The van der Waals surface area contributed by atoms with Crippen LogP contribution in [0.15, 0.2) is 195 Å². The second kappa shape index (κ2) is 19.1. The van der Waals surface area contributed by atoms with E-state index in [0.29, 0.717) is 22.8 Å². The number of benzene rings is 4. The normalized spacial score (nSPS) is 11.6. The smallest absolute Gasteiger partial charge is 0.0895 e. The lowest BCUT2D eigenvalue weighted by molar-refractivity contribution is 1.12. The molecule has 5 aromatic heterocycles. The minimum atomic E-state index is 0.659. The zero-order chi connectivity index (χ0) is 41.8. The lowest BCUT2D eigenvalue weighted by atomic mass is 10.0. The van der Waals surface area contributed by atoms with E-state index < -0.39 is 0 Å². The van der Waals surface area contributed by atoms with Crippen LogP contribution >= 0.6 is 0 Å². The van der Waals surface area contributed by atoms with Crippen molar-refractivity contribution in [3.63, 3.8) is 0 Å². The van der Waals surface area contributed by atoms with Gasteiger partial charge >= 0.3 is 0 Å². The maximum atomic E-state index is 5.36. The molecule has 0 saturated heterocycles. The zero-order valence-corrected chi connectivity index (χ0v) is 33.8. The maximum absolute atomic E-state index is 5.36. The van der Waals surface area contributed by atoms with Gasteiger partial charge in [-0.2, -0.15) is 0 Å². The average molecular weight is 797 g/mol. The molecular formula is C56H40N6. The monoisotopic (exact) mass is 796 g/mol. The Morgan fingerprint density at radius 3 is 0.645 bits per heavy atom. The lowest BCUT2D eigenvalue weighted by Crippen LogP contribution is -2.00. The Labute approximate surface area is 361 Å². The Balaban J connectivity index is 1.21. The van der Waals surface area contributed by atoms with Crippen LogP contribution < -0.4 is 0 Å². The molecule has 0 aliphatic heterocycles. The third kappa shape index (κ3) is 9.20. The molecule has 6 heteroatoms. The lowest BCUT2D eigenvalue weighted by Gasteiger charge is -2.10. The minimum Gasteiger partial charge on any atom is -0.256 e. The number of hydrogen-bond donors (Lipinski definition) is 0. The molecule has 62 heavy (non-hydrogen) atoms. The van der Waals surface area contributed by atoms with Crippen molar-refractivity contribution in [3.8, 4) is 44.5 Å². The molecule has 0 atom stereocenters. The summed E-state index contributed by atoms with van der Waals surface area (Å²) in [6.07, 6.45) is 23.2. The van der Waals surface area contributed by atoms with Crippen molar-refractivity contribution < 1.29 is 0 Å². The summed E-state index contributed by atoms with van der Waals surface area (Å²) in [5, 5.41) is 0. The van der Waals surface area contributed by atoms with Crippen LogP contribution in [0.4, 0.5) is 0 Å². The fraction of sp³-hybridized carbons (Fsp3) is 0. The highest BCUT2D eigenvalue weighted by Crippen LogP contribution is 2.29. The average Bonchev–Trinajstić information content (AvgIpc) is 3.35. The number of aromatic nitrogens is 6. The van der Waals surface area contributed by atoms with E-state index in [1.807, 2.05) is 170 Å². The van der Waals surface area contributed by atoms with Gasteiger partial charge in [-0.05, 0) is 95.1 Å². The first kappa shape index (κ1) is 39.0. The number of nitrogens with zero attached hydrogens (tertiary/aromatic N) is 6. The third-order valence-electron chi connectivity index (χ3n) is 10.3. The van der Waals surface area contributed by atoms with E-state index in [1.165, 1.54) is 0 Å². The molecule has 6 nitrogen and oxygen atoms in total. The summed E-state index contributed by atoms with van der Waals surface area (Å²) in [6, 6.07) is 57.3. The van der Waals surface area contributed by atoms with E-state index in [0.717, 1.165) is 67.3 Å². The molecule has 0 unspecified atom stereocenters. The van der Waals surface area contributed by atoms with E-state index in [1.54, 1.807) is 0 Å². The summed E-state index contributed by atoms with van der Waals surface area (Å²) in [4.78, 5) is 29.9. The molecule has 0 radical (unpaired) electrons. The van der Waals surface area contributed by atoms with Crippen molar-refractivity contribution in [2.45, 2.75) is 0 Å². The molecule has 0 aliphatic carbocycles. The van der Waals surface area contributed by atoms with E-state index in [-0.39, 0.29) is 0 Å². The van der Waals surface area contributed by atoms with Gasteiger partial charge in [0, 0.05) is 47.0 Å². The van der Waals surface area contributed by atoms with Crippen molar-refractivity contribution in [1.29, 1.82) is 0 Å². The van der Waals surface area contributed by atoms with Gasteiger partial charge in [0.2, 0.25) is 0 Å². The van der Waals surface area contributed by atoms with Crippen molar-refractivity contribution in [3.05, 3.63) is 240 Å². The van der Waals surface area contributed by atoms with Crippen molar-refractivity contribution in [2.24, 2.45) is 0 Å². The summed E-state index contributed by atoms with van der Waals surface area (Å²) in [6.45, 7) is 0. The van der Waals surface area contributed by atoms with Gasteiger partial charge in [0.25, 0.3) is 0 Å². The quantitative estimate of drug-likeness (QED) is 0.123. The summed E-state index contributed by atoms with van der Waals surface area (Å²) < 4.78 is 0. The number of hydrogen-bond acceptors (Lipinski definition) is 6. The first-order chi connectivity index (χ1) is 30.8. The fourth-order valence-corrected chi connectivity index (χ4v) is 7.26. The first-order valence-corrected chi connectivity index (χ1v) is 20.4. The first-order valence-electron chi connectivity index (χ1n) is 20.4. The van der Waals surface area contributed by atoms with Crippen LogP contribution in [-0.2, 0) is 0 Å². The Hall–Kier alpha value is -8.48. The largest absolute Gasteiger partial charge is 0.256 e. The summed E-state index contributed by atoms with van der Waals surface area (Å²) in [7, 11) is 0. The van der Waals surface area contributed by atoms with Gasteiger partial charge in [-0.25, -0.2) is 9.97 Å². The molecular weight excluding hydrogens is 757 g/mol. The molecule has 0 bridgehead atoms. The molecule has 0 saturated carbocycles. The number of pyridine rings is 4. The topological polar surface area (TPSA) is 77.3 Å². The SMILES string of the molecule is C(=Cc1nc(C=Cc2ncccc2-c2ccccc2)c(C=Cc2ncccc2-c2ccccc2)nc1C=Cc1ncccc1-c1ccccc1)c1ncccc1-c1ccccc1. The highest BCUT2D eigenvalue weighted by atomic mass is 14.8. The van der Waals surface area contributed by atoms with Gasteiger partial charge in [-0.3, -0.25) is 19.9 Å². The molecule has 0 spiro atoms.